The summed E-state index contributed by atoms with van der Waals surface area (Å²) in [6, 6.07) is 5.51. The Morgan fingerprint density at radius 1 is 1.43 bits per heavy atom. The Labute approximate surface area is 123 Å². The zero-order valence-corrected chi connectivity index (χ0v) is 12.3. The maximum Gasteiger partial charge on any atom is 0.317 e. The predicted octanol–water partition coefficient (Wildman–Crippen LogP) is 1.98. The van der Waals surface area contributed by atoms with Crippen LogP contribution in [0.5, 0.6) is 0 Å². The van der Waals surface area contributed by atoms with E-state index >= 15 is 0 Å². The van der Waals surface area contributed by atoms with Crippen molar-refractivity contribution in [2.45, 2.75) is 26.3 Å². The lowest BCUT2D eigenvalue weighted by Crippen LogP contribution is -2.45. The molecule has 1 saturated heterocycles. The molecule has 1 atom stereocenters. The van der Waals surface area contributed by atoms with Crippen LogP contribution in [-0.4, -0.2) is 42.5 Å². The van der Waals surface area contributed by atoms with Crippen LogP contribution in [0.4, 0.5) is 14.9 Å². The van der Waals surface area contributed by atoms with E-state index in [0.29, 0.717) is 25.3 Å². The van der Waals surface area contributed by atoms with Gasteiger partial charge in [0.2, 0.25) is 5.91 Å². The zero-order valence-electron chi connectivity index (χ0n) is 12.3. The molecule has 0 aliphatic carbocycles. The van der Waals surface area contributed by atoms with Gasteiger partial charge >= 0.3 is 6.03 Å². The molecular formula is C15H20FN3O2. The molecule has 114 valence electrons. The molecule has 0 saturated carbocycles. The molecule has 1 aliphatic rings. The SMILES string of the molecule is CCN(CC)C(=O)N[C@@H]1CC(=O)N(c2cccc(F)c2)C1. The third-order valence-electron chi connectivity index (χ3n) is 3.62. The minimum Gasteiger partial charge on any atom is -0.333 e. The number of anilines is 1. The van der Waals surface area contributed by atoms with Gasteiger partial charge in [-0.1, -0.05) is 6.07 Å². The lowest BCUT2D eigenvalue weighted by Gasteiger charge is -2.22. The second kappa shape index (κ2) is 6.56. The van der Waals surface area contributed by atoms with E-state index in [2.05, 4.69) is 5.32 Å². The van der Waals surface area contributed by atoms with Crippen LogP contribution in [0.15, 0.2) is 24.3 Å². The molecule has 1 aliphatic heterocycles. The quantitative estimate of drug-likeness (QED) is 0.923. The van der Waals surface area contributed by atoms with Crippen LogP contribution in [0.2, 0.25) is 0 Å². The molecule has 2 rings (SSSR count). The van der Waals surface area contributed by atoms with Gasteiger partial charge < -0.3 is 15.1 Å². The van der Waals surface area contributed by atoms with E-state index < -0.39 is 0 Å². The third kappa shape index (κ3) is 3.51. The number of carbonyl (C=O) groups excluding carboxylic acids is 2. The smallest absolute Gasteiger partial charge is 0.317 e. The first-order valence-corrected chi connectivity index (χ1v) is 7.16. The van der Waals surface area contributed by atoms with Gasteiger partial charge in [-0.25, -0.2) is 9.18 Å². The molecule has 1 aromatic rings. The topological polar surface area (TPSA) is 52.7 Å². The van der Waals surface area contributed by atoms with Crippen molar-refractivity contribution in [2.24, 2.45) is 0 Å². The maximum absolute atomic E-state index is 13.2. The number of carbonyl (C=O) groups is 2. The van der Waals surface area contributed by atoms with E-state index in [9.17, 15) is 14.0 Å². The second-order valence-electron chi connectivity index (χ2n) is 5.01. The molecule has 21 heavy (non-hydrogen) atoms. The summed E-state index contributed by atoms with van der Waals surface area (Å²) in [5, 5.41) is 2.86. The number of hydrogen-bond donors (Lipinski definition) is 1. The number of rotatable bonds is 4. The number of nitrogens with zero attached hydrogens (tertiary/aromatic N) is 2. The molecule has 6 heteroatoms. The minimum absolute atomic E-state index is 0.106. The van der Waals surface area contributed by atoms with Crippen molar-refractivity contribution in [3.8, 4) is 0 Å². The maximum atomic E-state index is 13.2. The fourth-order valence-electron chi connectivity index (χ4n) is 2.47. The summed E-state index contributed by atoms with van der Waals surface area (Å²) in [4.78, 5) is 27.2. The second-order valence-corrected chi connectivity index (χ2v) is 5.01. The molecule has 1 fully saturated rings. The highest BCUT2D eigenvalue weighted by atomic mass is 19.1. The van der Waals surface area contributed by atoms with Crippen molar-refractivity contribution >= 4 is 17.6 Å². The molecule has 1 heterocycles. The van der Waals surface area contributed by atoms with Crippen molar-refractivity contribution in [1.82, 2.24) is 10.2 Å². The van der Waals surface area contributed by atoms with Gasteiger partial charge in [0.15, 0.2) is 0 Å². The minimum atomic E-state index is -0.379. The Morgan fingerprint density at radius 3 is 2.76 bits per heavy atom. The molecule has 1 N–H and O–H groups in total. The van der Waals surface area contributed by atoms with E-state index in [0.717, 1.165) is 0 Å². The predicted molar refractivity (Wildman–Crippen MR) is 78.6 cm³/mol. The Hall–Kier alpha value is -2.11. The third-order valence-corrected chi connectivity index (χ3v) is 3.62. The van der Waals surface area contributed by atoms with Crippen molar-refractivity contribution < 1.29 is 14.0 Å². The van der Waals surface area contributed by atoms with Crippen LogP contribution in [0, 0.1) is 5.82 Å². The summed E-state index contributed by atoms with van der Waals surface area (Å²) < 4.78 is 13.2. The van der Waals surface area contributed by atoms with E-state index in [4.69, 9.17) is 0 Å². The van der Waals surface area contributed by atoms with Gasteiger partial charge in [-0.3, -0.25) is 4.79 Å². The van der Waals surface area contributed by atoms with Gasteiger partial charge in [-0.2, -0.15) is 0 Å². The van der Waals surface area contributed by atoms with Gasteiger partial charge in [0.25, 0.3) is 0 Å². The largest absolute Gasteiger partial charge is 0.333 e. The number of halogens is 1. The van der Waals surface area contributed by atoms with Crippen LogP contribution < -0.4 is 10.2 Å². The van der Waals surface area contributed by atoms with Gasteiger partial charge in [-0.05, 0) is 32.0 Å². The number of amides is 3. The Morgan fingerprint density at radius 2 is 2.14 bits per heavy atom. The lowest BCUT2D eigenvalue weighted by atomic mass is 10.2. The fourth-order valence-corrected chi connectivity index (χ4v) is 2.47. The number of nitrogens with one attached hydrogen (secondary N) is 1. The zero-order chi connectivity index (χ0) is 15.4. The Kier molecular flexibility index (Phi) is 4.77. The van der Waals surface area contributed by atoms with Crippen molar-refractivity contribution in [3.05, 3.63) is 30.1 Å². The molecule has 1 aromatic carbocycles. The average molecular weight is 293 g/mol. The van der Waals surface area contributed by atoms with E-state index in [1.807, 2.05) is 13.8 Å². The van der Waals surface area contributed by atoms with Crippen molar-refractivity contribution in [1.29, 1.82) is 0 Å². The van der Waals surface area contributed by atoms with Crippen LogP contribution >= 0.6 is 0 Å². The number of benzene rings is 1. The van der Waals surface area contributed by atoms with Gasteiger partial charge in [0.1, 0.15) is 5.82 Å². The first kappa shape index (κ1) is 15.3. The van der Waals surface area contributed by atoms with Crippen LogP contribution in [0.3, 0.4) is 0 Å². The number of urea groups is 1. The first-order chi connectivity index (χ1) is 10.0. The first-order valence-electron chi connectivity index (χ1n) is 7.16. The lowest BCUT2D eigenvalue weighted by molar-refractivity contribution is -0.117. The molecule has 0 unspecified atom stereocenters. The molecule has 3 amide bonds. The summed E-state index contributed by atoms with van der Waals surface area (Å²) in [6.45, 7) is 5.42. The standard InChI is InChI=1S/C15H20FN3O2/c1-3-18(4-2)15(21)17-12-9-14(20)19(10-12)13-7-5-6-11(16)8-13/h5-8,12H,3-4,9-10H2,1-2H3,(H,17,21)/t12-/m1/s1. The van der Waals surface area contributed by atoms with Crippen LogP contribution in [0.1, 0.15) is 20.3 Å². The van der Waals surface area contributed by atoms with E-state index in [1.54, 1.807) is 17.0 Å². The normalized spacial score (nSPS) is 18.0. The van der Waals surface area contributed by atoms with Crippen LogP contribution in [-0.2, 0) is 4.79 Å². The highest BCUT2D eigenvalue weighted by Gasteiger charge is 2.32. The number of hydrogen-bond acceptors (Lipinski definition) is 2. The molecule has 0 spiro atoms. The van der Waals surface area contributed by atoms with E-state index in [1.165, 1.54) is 17.0 Å². The molecule has 0 aromatic heterocycles. The average Bonchev–Trinajstić information content (AvgIpc) is 2.81. The molecule has 0 radical (unpaired) electrons. The highest BCUT2D eigenvalue weighted by molar-refractivity contribution is 5.96. The summed E-state index contributed by atoms with van der Waals surface area (Å²) in [7, 11) is 0. The fraction of sp³-hybridized carbons (Fsp3) is 0.467. The summed E-state index contributed by atoms with van der Waals surface area (Å²) in [5.74, 6) is -0.485. The highest BCUT2D eigenvalue weighted by Crippen LogP contribution is 2.22. The molecular weight excluding hydrogens is 273 g/mol. The Balaban J connectivity index is 2.01. The summed E-state index contributed by atoms with van der Waals surface area (Å²) in [5.41, 5.74) is 0.527. The van der Waals surface area contributed by atoms with Gasteiger partial charge in [0.05, 0.1) is 6.04 Å². The van der Waals surface area contributed by atoms with Crippen molar-refractivity contribution in [3.63, 3.8) is 0 Å². The van der Waals surface area contributed by atoms with Crippen LogP contribution in [0.25, 0.3) is 0 Å². The van der Waals surface area contributed by atoms with Crippen molar-refractivity contribution in [2.75, 3.05) is 24.5 Å². The molecule has 5 nitrogen and oxygen atoms in total. The monoisotopic (exact) mass is 293 g/mol. The molecule has 0 bridgehead atoms. The summed E-state index contributed by atoms with van der Waals surface area (Å²) in [6.07, 6.45) is 0.240. The van der Waals surface area contributed by atoms with Gasteiger partial charge in [0, 0.05) is 31.7 Å². The Bertz CT molecular complexity index is 531. The van der Waals surface area contributed by atoms with E-state index in [-0.39, 0.29) is 30.2 Å². The van der Waals surface area contributed by atoms with Gasteiger partial charge in [-0.15, -0.1) is 0 Å². The summed E-state index contributed by atoms with van der Waals surface area (Å²) >= 11 is 0.